The number of amides is 1. The molecule has 0 saturated heterocycles. The van der Waals surface area contributed by atoms with Gasteiger partial charge in [0.1, 0.15) is 23.0 Å². The normalized spacial score (nSPS) is 10.2. The summed E-state index contributed by atoms with van der Waals surface area (Å²) in [5.41, 5.74) is 0.390. The standard InChI is InChI=1S/C14H17N3O2/c1-3-15-13-6-4-5-12(17-13)14(18)16-9-11-8-7-10(2)19-11/h4-8H,3,9H2,1-2H3,(H,15,17)(H,16,18). The molecule has 2 N–H and O–H groups in total. The molecule has 19 heavy (non-hydrogen) atoms. The van der Waals surface area contributed by atoms with E-state index in [1.54, 1.807) is 12.1 Å². The Labute approximate surface area is 112 Å². The molecule has 1 amide bonds. The third kappa shape index (κ3) is 3.58. The van der Waals surface area contributed by atoms with Crippen molar-refractivity contribution in [3.05, 3.63) is 47.5 Å². The lowest BCUT2D eigenvalue weighted by Crippen LogP contribution is -2.23. The van der Waals surface area contributed by atoms with Crippen LogP contribution in [0, 0.1) is 6.92 Å². The quantitative estimate of drug-likeness (QED) is 0.865. The summed E-state index contributed by atoms with van der Waals surface area (Å²) < 4.78 is 5.38. The Hall–Kier alpha value is -2.30. The molecule has 0 aliphatic carbocycles. The molecule has 5 nitrogen and oxygen atoms in total. The van der Waals surface area contributed by atoms with Gasteiger partial charge in [0.15, 0.2) is 0 Å². The lowest BCUT2D eigenvalue weighted by molar-refractivity contribution is 0.0943. The highest BCUT2D eigenvalue weighted by molar-refractivity contribution is 5.92. The molecule has 0 radical (unpaired) electrons. The van der Waals surface area contributed by atoms with Crippen LogP contribution in [0.3, 0.4) is 0 Å². The van der Waals surface area contributed by atoms with Gasteiger partial charge in [0.2, 0.25) is 0 Å². The van der Waals surface area contributed by atoms with Crippen molar-refractivity contribution < 1.29 is 9.21 Å². The number of hydrogen-bond acceptors (Lipinski definition) is 4. The van der Waals surface area contributed by atoms with Crippen LogP contribution in [0.5, 0.6) is 0 Å². The summed E-state index contributed by atoms with van der Waals surface area (Å²) in [5.74, 6) is 2.04. The van der Waals surface area contributed by atoms with Crippen molar-refractivity contribution in [2.24, 2.45) is 0 Å². The Morgan fingerprint density at radius 3 is 2.84 bits per heavy atom. The molecule has 0 aliphatic heterocycles. The molecule has 2 heterocycles. The zero-order valence-corrected chi connectivity index (χ0v) is 11.1. The second-order valence-electron chi connectivity index (χ2n) is 4.13. The zero-order chi connectivity index (χ0) is 13.7. The van der Waals surface area contributed by atoms with Gasteiger partial charge < -0.3 is 15.1 Å². The van der Waals surface area contributed by atoms with Gasteiger partial charge in [0, 0.05) is 6.54 Å². The highest BCUT2D eigenvalue weighted by Gasteiger charge is 2.08. The van der Waals surface area contributed by atoms with Gasteiger partial charge in [-0.25, -0.2) is 4.98 Å². The summed E-state index contributed by atoms with van der Waals surface area (Å²) in [6, 6.07) is 9.03. The van der Waals surface area contributed by atoms with Crippen molar-refractivity contribution in [1.82, 2.24) is 10.3 Å². The van der Waals surface area contributed by atoms with Gasteiger partial charge in [-0.3, -0.25) is 4.79 Å². The van der Waals surface area contributed by atoms with Gasteiger partial charge in [-0.05, 0) is 38.1 Å². The summed E-state index contributed by atoms with van der Waals surface area (Å²) in [5, 5.41) is 5.85. The number of aromatic nitrogens is 1. The number of hydrogen-bond donors (Lipinski definition) is 2. The molecule has 5 heteroatoms. The number of pyridine rings is 1. The lowest BCUT2D eigenvalue weighted by atomic mass is 10.3. The van der Waals surface area contributed by atoms with E-state index >= 15 is 0 Å². The number of nitrogens with one attached hydrogen (secondary N) is 2. The summed E-state index contributed by atoms with van der Waals surface area (Å²) in [7, 11) is 0. The first-order valence-corrected chi connectivity index (χ1v) is 6.23. The monoisotopic (exact) mass is 259 g/mol. The Kier molecular flexibility index (Phi) is 4.18. The number of nitrogens with zero attached hydrogens (tertiary/aromatic N) is 1. The van der Waals surface area contributed by atoms with Gasteiger partial charge in [-0.15, -0.1) is 0 Å². The van der Waals surface area contributed by atoms with E-state index in [9.17, 15) is 4.79 Å². The van der Waals surface area contributed by atoms with Crippen LogP contribution >= 0.6 is 0 Å². The minimum absolute atomic E-state index is 0.214. The van der Waals surface area contributed by atoms with E-state index in [2.05, 4.69) is 15.6 Å². The van der Waals surface area contributed by atoms with E-state index in [1.165, 1.54) is 0 Å². The van der Waals surface area contributed by atoms with Gasteiger partial charge in [-0.2, -0.15) is 0 Å². The fraction of sp³-hybridized carbons (Fsp3) is 0.286. The fourth-order valence-electron chi connectivity index (χ4n) is 1.68. The maximum atomic E-state index is 11.9. The highest BCUT2D eigenvalue weighted by atomic mass is 16.3. The molecule has 0 unspecified atom stereocenters. The maximum absolute atomic E-state index is 11.9. The molecule has 2 aromatic heterocycles. The Bertz CT molecular complexity index is 563. The van der Waals surface area contributed by atoms with Crippen molar-refractivity contribution in [2.45, 2.75) is 20.4 Å². The lowest BCUT2D eigenvalue weighted by Gasteiger charge is -2.05. The van der Waals surface area contributed by atoms with E-state index < -0.39 is 0 Å². The van der Waals surface area contributed by atoms with Gasteiger partial charge in [0.25, 0.3) is 5.91 Å². The van der Waals surface area contributed by atoms with Gasteiger partial charge in [-0.1, -0.05) is 6.07 Å². The number of aryl methyl sites for hydroxylation is 1. The average Bonchev–Trinajstić information content (AvgIpc) is 2.82. The summed E-state index contributed by atoms with van der Waals surface area (Å²) in [6.07, 6.45) is 0. The molecule has 0 aromatic carbocycles. The Morgan fingerprint density at radius 1 is 1.32 bits per heavy atom. The predicted octanol–water partition coefficient (Wildman–Crippen LogP) is 2.34. The van der Waals surface area contributed by atoms with Crippen LogP contribution < -0.4 is 10.6 Å². The van der Waals surface area contributed by atoms with Crippen molar-refractivity contribution in [2.75, 3.05) is 11.9 Å². The first-order chi connectivity index (χ1) is 9.19. The Morgan fingerprint density at radius 2 is 2.16 bits per heavy atom. The minimum Gasteiger partial charge on any atom is -0.465 e. The van der Waals surface area contributed by atoms with E-state index in [-0.39, 0.29) is 5.91 Å². The molecule has 2 aromatic rings. The third-order valence-corrected chi connectivity index (χ3v) is 2.56. The van der Waals surface area contributed by atoms with Crippen molar-refractivity contribution in [1.29, 1.82) is 0 Å². The summed E-state index contributed by atoms with van der Waals surface area (Å²) >= 11 is 0. The molecule has 0 bridgehead atoms. The van der Waals surface area contributed by atoms with Gasteiger partial charge in [0.05, 0.1) is 6.54 Å². The van der Waals surface area contributed by atoms with Crippen molar-refractivity contribution >= 4 is 11.7 Å². The van der Waals surface area contributed by atoms with Crippen LogP contribution in [0.4, 0.5) is 5.82 Å². The van der Waals surface area contributed by atoms with E-state index in [0.29, 0.717) is 18.1 Å². The Balaban J connectivity index is 1.97. The van der Waals surface area contributed by atoms with E-state index in [1.807, 2.05) is 32.0 Å². The number of anilines is 1. The van der Waals surface area contributed by atoms with Crippen LogP contribution in [0.2, 0.25) is 0 Å². The third-order valence-electron chi connectivity index (χ3n) is 2.56. The second kappa shape index (κ2) is 6.04. The molecule has 0 fully saturated rings. The molecule has 0 spiro atoms. The van der Waals surface area contributed by atoms with Gasteiger partial charge >= 0.3 is 0 Å². The first-order valence-electron chi connectivity index (χ1n) is 6.23. The number of furan rings is 1. The fourth-order valence-corrected chi connectivity index (χ4v) is 1.68. The topological polar surface area (TPSA) is 67.2 Å². The molecule has 0 atom stereocenters. The molecular formula is C14H17N3O2. The van der Waals surface area contributed by atoms with Crippen LogP contribution in [0.15, 0.2) is 34.7 Å². The van der Waals surface area contributed by atoms with Crippen LogP contribution in [-0.4, -0.2) is 17.4 Å². The summed E-state index contributed by atoms with van der Waals surface area (Å²) in [6.45, 7) is 4.98. The molecule has 100 valence electrons. The largest absolute Gasteiger partial charge is 0.465 e. The molecule has 2 rings (SSSR count). The SMILES string of the molecule is CCNc1cccc(C(=O)NCc2ccc(C)o2)n1. The van der Waals surface area contributed by atoms with Crippen LogP contribution in [-0.2, 0) is 6.54 Å². The number of carbonyl (C=O) groups excluding carboxylic acids is 1. The highest BCUT2D eigenvalue weighted by Crippen LogP contribution is 2.07. The number of rotatable bonds is 5. The van der Waals surface area contributed by atoms with Crippen LogP contribution in [0.25, 0.3) is 0 Å². The maximum Gasteiger partial charge on any atom is 0.270 e. The molecule has 0 saturated carbocycles. The smallest absolute Gasteiger partial charge is 0.270 e. The average molecular weight is 259 g/mol. The molecule has 0 aliphatic rings. The zero-order valence-electron chi connectivity index (χ0n) is 11.1. The van der Waals surface area contributed by atoms with E-state index in [0.717, 1.165) is 18.1 Å². The first kappa shape index (κ1) is 13.1. The van der Waals surface area contributed by atoms with E-state index in [4.69, 9.17) is 4.42 Å². The van der Waals surface area contributed by atoms with Crippen LogP contribution in [0.1, 0.15) is 28.9 Å². The number of carbonyl (C=O) groups is 1. The van der Waals surface area contributed by atoms with Crippen molar-refractivity contribution in [3.8, 4) is 0 Å². The second-order valence-corrected chi connectivity index (χ2v) is 4.13. The minimum atomic E-state index is -0.214. The van der Waals surface area contributed by atoms with Crippen molar-refractivity contribution in [3.63, 3.8) is 0 Å². The molecular weight excluding hydrogens is 242 g/mol. The summed E-state index contributed by atoms with van der Waals surface area (Å²) in [4.78, 5) is 16.2. The predicted molar refractivity (Wildman–Crippen MR) is 73.0 cm³/mol.